The molecule has 0 saturated carbocycles. The highest BCUT2D eigenvalue weighted by Crippen LogP contribution is 2.21. The van der Waals surface area contributed by atoms with Crippen LogP contribution in [0.25, 0.3) is 11.4 Å². The molecule has 0 aliphatic heterocycles. The van der Waals surface area contributed by atoms with Crippen molar-refractivity contribution >= 4 is 5.95 Å². The van der Waals surface area contributed by atoms with Crippen molar-refractivity contribution in [3.8, 4) is 11.4 Å². The predicted molar refractivity (Wildman–Crippen MR) is 85.1 cm³/mol. The molecule has 0 unspecified atom stereocenters. The minimum Gasteiger partial charge on any atom is -0.347 e. The number of pyridine rings is 1. The Labute approximate surface area is 129 Å². The SMILES string of the molecule is CC[C@@H](Nc1nccc(-c2ccccn2)n1)c1cnn(C)c1. The summed E-state index contributed by atoms with van der Waals surface area (Å²) in [5, 5.41) is 7.58. The van der Waals surface area contributed by atoms with Gasteiger partial charge in [-0.05, 0) is 24.6 Å². The molecule has 0 spiro atoms. The van der Waals surface area contributed by atoms with Gasteiger partial charge in [-0.3, -0.25) is 9.67 Å². The molecule has 1 atom stereocenters. The molecule has 3 aromatic heterocycles. The van der Waals surface area contributed by atoms with Crippen LogP contribution in [0.2, 0.25) is 0 Å². The first kappa shape index (κ1) is 14.2. The van der Waals surface area contributed by atoms with Crippen molar-refractivity contribution < 1.29 is 0 Å². The van der Waals surface area contributed by atoms with E-state index in [1.165, 1.54) is 0 Å². The molecule has 0 amide bonds. The van der Waals surface area contributed by atoms with E-state index in [1.54, 1.807) is 17.1 Å². The zero-order valence-electron chi connectivity index (χ0n) is 12.6. The fourth-order valence-electron chi connectivity index (χ4n) is 2.28. The molecule has 0 bridgehead atoms. The van der Waals surface area contributed by atoms with E-state index in [0.29, 0.717) is 5.95 Å². The van der Waals surface area contributed by atoms with E-state index < -0.39 is 0 Å². The maximum atomic E-state index is 4.55. The summed E-state index contributed by atoms with van der Waals surface area (Å²) in [5.74, 6) is 0.596. The Kier molecular flexibility index (Phi) is 4.09. The molecular formula is C16H18N6. The number of rotatable bonds is 5. The Bertz CT molecular complexity index is 737. The lowest BCUT2D eigenvalue weighted by Crippen LogP contribution is -2.11. The molecule has 0 aliphatic carbocycles. The first-order valence-electron chi connectivity index (χ1n) is 7.26. The topological polar surface area (TPSA) is 68.5 Å². The van der Waals surface area contributed by atoms with Crippen LogP contribution in [0.4, 0.5) is 5.95 Å². The quantitative estimate of drug-likeness (QED) is 0.783. The summed E-state index contributed by atoms with van der Waals surface area (Å²) >= 11 is 0. The number of aromatic nitrogens is 5. The average Bonchev–Trinajstić information content (AvgIpc) is 3.00. The maximum Gasteiger partial charge on any atom is 0.223 e. The number of hydrogen-bond acceptors (Lipinski definition) is 5. The largest absolute Gasteiger partial charge is 0.347 e. The summed E-state index contributed by atoms with van der Waals surface area (Å²) in [6, 6.07) is 7.76. The molecule has 6 heteroatoms. The summed E-state index contributed by atoms with van der Waals surface area (Å²) in [4.78, 5) is 13.2. The van der Waals surface area contributed by atoms with Crippen LogP contribution in [-0.4, -0.2) is 24.7 Å². The molecule has 3 heterocycles. The molecule has 112 valence electrons. The number of aryl methyl sites for hydroxylation is 1. The van der Waals surface area contributed by atoms with Crippen LogP contribution in [0.1, 0.15) is 24.9 Å². The third-order valence-corrected chi connectivity index (χ3v) is 3.42. The summed E-state index contributed by atoms with van der Waals surface area (Å²) in [7, 11) is 1.91. The second-order valence-electron chi connectivity index (χ2n) is 5.03. The van der Waals surface area contributed by atoms with Gasteiger partial charge in [0.25, 0.3) is 0 Å². The van der Waals surface area contributed by atoms with Gasteiger partial charge in [-0.25, -0.2) is 9.97 Å². The molecule has 0 saturated heterocycles. The molecular weight excluding hydrogens is 276 g/mol. The molecule has 0 radical (unpaired) electrons. The zero-order valence-corrected chi connectivity index (χ0v) is 12.6. The van der Waals surface area contributed by atoms with E-state index in [2.05, 4.69) is 32.3 Å². The standard InChI is InChI=1S/C16H18N6/c1-3-13(12-10-19-22(2)11-12)20-16-18-9-7-15(21-16)14-6-4-5-8-17-14/h4-11,13H,3H2,1-2H3,(H,18,20,21)/t13-/m1/s1. The molecule has 22 heavy (non-hydrogen) atoms. The summed E-state index contributed by atoms with van der Waals surface area (Å²) in [5.41, 5.74) is 2.76. The van der Waals surface area contributed by atoms with E-state index in [-0.39, 0.29) is 6.04 Å². The van der Waals surface area contributed by atoms with Crippen LogP contribution in [0.3, 0.4) is 0 Å². The van der Waals surface area contributed by atoms with Crippen molar-refractivity contribution in [2.45, 2.75) is 19.4 Å². The van der Waals surface area contributed by atoms with E-state index in [0.717, 1.165) is 23.4 Å². The van der Waals surface area contributed by atoms with E-state index in [1.807, 2.05) is 43.7 Å². The Morgan fingerprint density at radius 1 is 1.14 bits per heavy atom. The van der Waals surface area contributed by atoms with Gasteiger partial charge in [0.2, 0.25) is 5.95 Å². The third-order valence-electron chi connectivity index (χ3n) is 3.42. The molecule has 0 aliphatic rings. The second kappa shape index (κ2) is 6.34. The van der Waals surface area contributed by atoms with E-state index in [9.17, 15) is 0 Å². The van der Waals surface area contributed by atoms with Gasteiger partial charge in [-0.2, -0.15) is 5.10 Å². The lowest BCUT2D eigenvalue weighted by molar-refractivity contribution is 0.732. The first-order chi connectivity index (χ1) is 10.8. The van der Waals surface area contributed by atoms with Crippen molar-refractivity contribution in [3.05, 3.63) is 54.6 Å². The highest BCUT2D eigenvalue weighted by molar-refractivity contribution is 5.54. The van der Waals surface area contributed by atoms with Crippen molar-refractivity contribution in [3.63, 3.8) is 0 Å². The number of nitrogens with one attached hydrogen (secondary N) is 1. The molecule has 0 fully saturated rings. The van der Waals surface area contributed by atoms with Gasteiger partial charge in [-0.15, -0.1) is 0 Å². The minimum absolute atomic E-state index is 0.132. The van der Waals surface area contributed by atoms with Crippen molar-refractivity contribution in [2.75, 3.05) is 5.32 Å². The Morgan fingerprint density at radius 3 is 2.73 bits per heavy atom. The van der Waals surface area contributed by atoms with Crippen LogP contribution in [0.5, 0.6) is 0 Å². The van der Waals surface area contributed by atoms with Gasteiger partial charge in [0.15, 0.2) is 0 Å². The first-order valence-corrected chi connectivity index (χ1v) is 7.26. The van der Waals surface area contributed by atoms with Crippen LogP contribution >= 0.6 is 0 Å². The summed E-state index contributed by atoms with van der Waals surface area (Å²) in [6.07, 6.45) is 8.29. The monoisotopic (exact) mass is 294 g/mol. The molecule has 3 rings (SSSR count). The molecule has 1 N–H and O–H groups in total. The Morgan fingerprint density at radius 2 is 2.05 bits per heavy atom. The zero-order chi connectivity index (χ0) is 15.4. The Hall–Kier alpha value is -2.76. The maximum absolute atomic E-state index is 4.55. The average molecular weight is 294 g/mol. The van der Waals surface area contributed by atoms with Crippen molar-refractivity contribution in [2.24, 2.45) is 7.05 Å². The predicted octanol–water partition coefficient (Wildman–Crippen LogP) is 2.84. The highest BCUT2D eigenvalue weighted by atomic mass is 15.2. The fourth-order valence-corrected chi connectivity index (χ4v) is 2.28. The van der Waals surface area contributed by atoms with Crippen LogP contribution in [0, 0.1) is 0 Å². The molecule has 3 aromatic rings. The highest BCUT2D eigenvalue weighted by Gasteiger charge is 2.13. The van der Waals surface area contributed by atoms with Crippen LogP contribution < -0.4 is 5.32 Å². The number of hydrogen-bond donors (Lipinski definition) is 1. The smallest absolute Gasteiger partial charge is 0.223 e. The number of anilines is 1. The van der Waals surface area contributed by atoms with Gasteiger partial charge in [0.1, 0.15) is 0 Å². The van der Waals surface area contributed by atoms with Crippen molar-refractivity contribution in [1.82, 2.24) is 24.7 Å². The van der Waals surface area contributed by atoms with Crippen LogP contribution in [-0.2, 0) is 7.05 Å². The summed E-state index contributed by atoms with van der Waals surface area (Å²) in [6.45, 7) is 2.12. The molecule has 6 nitrogen and oxygen atoms in total. The van der Waals surface area contributed by atoms with E-state index >= 15 is 0 Å². The van der Waals surface area contributed by atoms with Gasteiger partial charge in [0, 0.05) is 31.2 Å². The van der Waals surface area contributed by atoms with Crippen molar-refractivity contribution in [1.29, 1.82) is 0 Å². The van der Waals surface area contributed by atoms with Gasteiger partial charge in [0.05, 0.1) is 23.6 Å². The Balaban J connectivity index is 1.83. The number of nitrogens with zero attached hydrogens (tertiary/aromatic N) is 5. The van der Waals surface area contributed by atoms with Gasteiger partial charge in [-0.1, -0.05) is 13.0 Å². The fraction of sp³-hybridized carbons (Fsp3) is 0.250. The minimum atomic E-state index is 0.132. The van der Waals surface area contributed by atoms with Crippen LogP contribution in [0.15, 0.2) is 49.1 Å². The second-order valence-corrected chi connectivity index (χ2v) is 5.03. The van der Waals surface area contributed by atoms with E-state index in [4.69, 9.17) is 0 Å². The normalized spacial score (nSPS) is 12.1. The third kappa shape index (κ3) is 3.11. The van der Waals surface area contributed by atoms with Gasteiger partial charge >= 0.3 is 0 Å². The molecule has 0 aromatic carbocycles. The summed E-state index contributed by atoms with van der Waals surface area (Å²) < 4.78 is 1.80. The lowest BCUT2D eigenvalue weighted by atomic mass is 10.1. The van der Waals surface area contributed by atoms with Gasteiger partial charge < -0.3 is 5.32 Å². The lowest BCUT2D eigenvalue weighted by Gasteiger charge is -2.15.